The zero-order valence-electron chi connectivity index (χ0n) is 15.4. The lowest BCUT2D eigenvalue weighted by Gasteiger charge is -2.36. The summed E-state index contributed by atoms with van der Waals surface area (Å²) >= 11 is 0. The Balaban J connectivity index is 1.59. The molecule has 140 valence electrons. The maximum Gasteiger partial charge on any atom is 0.175 e. The zero-order valence-corrected chi connectivity index (χ0v) is 16.2. The summed E-state index contributed by atoms with van der Waals surface area (Å²) in [4.78, 5) is 5.14. The number of para-hydroxylation sites is 2. The van der Waals surface area contributed by atoms with E-state index in [1.54, 1.807) is 12.1 Å². The number of nitrogens with zero attached hydrogens (tertiary/aromatic N) is 2. The Morgan fingerprint density at radius 2 is 1.62 bits per heavy atom. The van der Waals surface area contributed by atoms with Gasteiger partial charge < -0.3 is 9.64 Å². The van der Waals surface area contributed by atoms with Gasteiger partial charge in [0.2, 0.25) is 0 Å². The molecule has 0 spiro atoms. The third kappa shape index (κ3) is 4.56. The molecule has 1 saturated heterocycles. The van der Waals surface area contributed by atoms with Crippen LogP contribution in [0.3, 0.4) is 0 Å². The van der Waals surface area contributed by atoms with Gasteiger partial charge in [-0.3, -0.25) is 4.90 Å². The monoisotopic (exact) mass is 374 g/mol. The molecule has 0 aliphatic carbocycles. The number of benzene rings is 2. The molecule has 0 saturated carbocycles. The predicted molar refractivity (Wildman–Crippen MR) is 105 cm³/mol. The molecule has 1 fully saturated rings. The largest absolute Gasteiger partial charge is 0.492 e. The first kappa shape index (κ1) is 18.7. The van der Waals surface area contributed by atoms with E-state index in [1.165, 1.54) is 6.26 Å². The van der Waals surface area contributed by atoms with Crippen LogP contribution < -0.4 is 9.64 Å². The highest BCUT2D eigenvalue weighted by Crippen LogP contribution is 2.29. The number of rotatable bonds is 6. The van der Waals surface area contributed by atoms with Crippen molar-refractivity contribution in [3.05, 3.63) is 54.1 Å². The van der Waals surface area contributed by atoms with Gasteiger partial charge in [-0.25, -0.2) is 8.42 Å². The minimum Gasteiger partial charge on any atom is -0.492 e. The molecule has 0 atom stereocenters. The van der Waals surface area contributed by atoms with Gasteiger partial charge in [-0.15, -0.1) is 0 Å². The normalized spacial score (nSPS) is 15.8. The number of hydrogen-bond acceptors (Lipinski definition) is 5. The van der Waals surface area contributed by atoms with Gasteiger partial charge in [0.05, 0.1) is 17.2 Å². The zero-order chi connectivity index (χ0) is 18.6. The van der Waals surface area contributed by atoms with E-state index in [0.29, 0.717) is 11.5 Å². The van der Waals surface area contributed by atoms with Crippen LogP contribution in [-0.4, -0.2) is 52.4 Å². The van der Waals surface area contributed by atoms with E-state index in [9.17, 15) is 8.42 Å². The van der Waals surface area contributed by atoms with Gasteiger partial charge in [0.1, 0.15) is 5.75 Å². The molecular formula is C20H26N2O3S. The SMILES string of the molecule is CCOc1ccccc1N1CCN(Cc2ccc(S(C)(=O)=O)cc2)CC1. The molecule has 26 heavy (non-hydrogen) atoms. The van der Waals surface area contributed by atoms with Gasteiger partial charge in [-0.1, -0.05) is 24.3 Å². The Morgan fingerprint density at radius 3 is 2.23 bits per heavy atom. The van der Waals surface area contributed by atoms with Gasteiger partial charge in [-0.2, -0.15) is 0 Å². The molecular weight excluding hydrogens is 348 g/mol. The summed E-state index contributed by atoms with van der Waals surface area (Å²) in [5, 5.41) is 0. The molecule has 3 rings (SSSR count). The first-order chi connectivity index (χ1) is 12.5. The summed E-state index contributed by atoms with van der Waals surface area (Å²) in [6, 6.07) is 15.4. The molecule has 1 aliphatic rings. The van der Waals surface area contributed by atoms with Crippen LogP contribution in [0, 0.1) is 0 Å². The van der Waals surface area contributed by atoms with Crippen molar-refractivity contribution in [3.8, 4) is 5.75 Å². The van der Waals surface area contributed by atoms with E-state index < -0.39 is 9.84 Å². The van der Waals surface area contributed by atoms with Crippen LogP contribution in [0.5, 0.6) is 5.75 Å². The smallest absolute Gasteiger partial charge is 0.175 e. The lowest BCUT2D eigenvalue weighted by atomic mass is 10.2. The first-order valence-electron chi connectivity index (χ1n) is 8.95. The second kappa shape index (κ2) is 8.10. The van der Waals surface area contributed by atoms with E-state index in [-0.39, 0.29) is 0 Å². The Kier molecular flexibility index (Phi) is 5.84. The van der Waals surface area contributed by atoms with E-state index in [0.717, 1.165) is 49.7 Å². The maximum absolute atomic E-state index is 11.6. The fourth-order valence-electron chi connectivity index (χ4n) is 3.24. The quantitative estimate of drug-likeness (QED) is 0.778. The summed E-state index contributed by atoms with van der Waals surface area (Å²) < 4.78 is 28.9. The minimum atomic E-state index is -3.13. The Labute approximate surface area is 156 Å². The molecule has 2 aromatic carbocycles. The van der Waals surface area contributed by atoms with Crippen LogP contribution in [0.25, 0.3) is 0 Å². The fourth-order valence-corrected chi connectivity index (χ4v) is 3.87. The molecule has 0 bridgehead atoms. The third-order valence-electron chi connectivity index (χ3n) is 4.64. The predicted octanol–water partition coefficient (Wildman–Crippen LogP) is 2.81. The summed E-state index contributed by atoms with van der Waals surface area (Å²) in [6.07, 6.45) is 1.24. The summed E-state index contributed by atoms with van der Waals surface area (Å²) in [6.45, 7) is 7.34. The molecule has 0 N–H and O–H groups in total. The van der Waals surface area contributed by atoms with Gasteiger partial charge in [0, 0.05) is 39.0 Å². The van der Waals surface area contributed by atoms with Crippen molar-refractivity contribution >= 4 is 15.5 Å². The number of sulfone groups is 1. The fraction of sp³-hybridized carbons (Fsp3) is 0.400. The lowest BCUT2D eigenvalue weighted by molar-refractivity contribution is 0.248. The first-order valence-corrected chi connectivity index (χ1v) is 10.8. The summed E-state index contributed by atoms with van der Waals surface area (Å²) in [7, 11) is -3.13. The van der Waals surface area contributed by atoms with Crippen molar-refractivity contribution < 1.29 is 13.2 Å². The number of hydrogen-bond donors (Lipinski definition) is 0. The Morgan fingerprint density at radius 1 is 0.962 bits per heavy atom. The molecule has 5 nitrogen and oxygen atoms in total. The average molecular weight is 375 g/mol. The highest BCUT2D eigenvalue weighted by molar-refractivity contribution is 7.90. The van der Waals surface area contributed by atoms with Gasteiger partial charge >= 0.3 is 0 Å². The average Bonchev–Trinajstić information content (AvgIpc) is 2.63. The van der Waals surface area contributed by atoms with Gasteiger partial charge in [0.25, 0.3) is 0 Å². The number of anilines is 1. The van der Waals surface area contributed by atoms with E-state index >= 15 is 0 Å². The van der Waals surface area contributed by atoms with Crippen molar-refractivity contribution in [1.82, 2.24) is 4.90 Å². The van der Waals surface area contributed by atoms with Gasteiger partial charge in [-0.05, 0) is 36.8 Å². The van der Waals surface area contributed by atoms with Crippen LogP contribution in [0.1, 0.15) is 12.5 Å². The Hall–Kier alpha value is -2.05. The van der Waals surface area contributed by atoms with Crippen molar-refractivity contribution in [3.63, 3.8) is 0 Å². The van der Waals surface area contributed by atoms with Crippen LogP contribution in [0.4, 0.5) is 5.69 Å². The van der Waals surface area contributed by atoms with E-state index in [2.05, 4.69) is 15.9 Å². The molecule has 0 aromatic heterocycles. The molecule has 0 radical (unpaired) electrons. The van der Waals surface area contributed by atoms with Crippen LogP contribution in [-0.2, 0) is 16.4 Å². The molecule has 0 amide bonds. The highest BCUT2D eigenvalue weighted by atomic mass is 32.2. The number of piperazine rings is 1. The second-order valence-corrected chi connectivity index (χ2v) is 8.60. The molecule has 1 aliphatic heterocycles. The minimum absolute atomic E-state index is 0.374. The topological polar surface area (TPSA) is 49.9 Å². The van der Waals surface area contributed by atoms with Crippen LogP contribution >= 0.6 is 0 Å². The van der Waals surface area contributed by atoms with Crippen molar-refractivity contribution in [1.29, 1.82) is 0 Å². The van der Waals surface area contributed by atoms with Crippen molar-refractivity contribution in [2.24, 2.45) is 0 Å². The van der Waals surface area contributed by atoms with Crippen LogP contribution in [0.15, 0.2) is 53.4 Å². The number of ether oxygens (including phenoxy) is 1. The molecule has 1 heterocycles. The van der Waals surface area contributed by atoms with Crippen molar-refractivity contribution in [2.75, 3.05) is 43.9 Å². The highest BCUT2D eigenvalue weighted by Gasteiger charge is 2.19. The molecule has 2 aromatic rings. The standard InChI is InChI=1S/C20H26N2O3S/c1-3-25-20-7-5-4-6-19(20)22-14-12-21(13-15-22)16-17-8-10-18(11-9-17)26(2,23)24/h4-11H,3,12-16H2,1-2H3. The summed E-state index contributed by atoms with van der Waals surface area (Å²) in [5.41, 5.74) is 2.30. The van der Waals surface area contributed by atoms with Crippen molar-refractivity contribution in [2.45, 2.75) is 18.4 Å². The summed E-state index contributed by atoms with van der Waals surface area (Å²) in [5.74, 6) is 0.944. The van der Waals surface area contributed by atoms with E-state index in [1.807, 2.05) is 37.3 Å². The Bertz CT molecular complexity index is 826. The second-order valence-electron chi connectivity index (χ2n) is 6.58. The van der Waals surface area contributed by atoms with Crippen LogP contribution in [0.2, 0.25) is 0 Å². The van der Waals surface area contributed by atoms with E-state index in [4.69, 9.17) is 4.74 Å². The third-order valence-corrected chi connectivity index (χ3v) is 5.76. The lowest BCUT2D eigenvalue weighted by Crippen LogP contribution is -2.46. The molecule has 6 heteroatoms. The van der Waals surface area contributed by atoms with Gasteiger partial charge in [0.15, 0.2) is 9.84 Å². The maximum atomic E-state index is 11.6. The molecule has 0 unspecified atom stereocenters.